The number of hydrogen-bond donors (Lipinski definition) is 3. The van der Waals surface area contributed by atoms with Crippen molar-refractivity contribution in [3.05, 3.63) is 35.4 Å². The summed E-state index contributed by atoms with van der Waals surface area (Å²) in [6.07, 6.45) is 5.21. The van der Waals surface area contributed by atoms with Crippen LogP contribution in [0, 0.1) is 12.3 Å². The van der Waals surface area contributed by atoms with E-state index < -0.39 is 10.0 Å². The van der Waals surface area contributed by atoms with E-state index in [2.05, 4.69) is 26.3 Å². The first-order valence-electron chi connectivity index (χ1n) is 6.95. The molecule has 0 unspecified atom stereocenters. The third-order valence-electron chi connectivity index (χ3n) is 2.81. The second-order valence-electron chi connectivity index (χ2n) is 4.53. The Balaban J connectivity index is 2.68. The number of benzene rings is 1. The second-order valence-corrected chi connectivity index (χ2v) is 6.46. The highest BCUT2D eigenvalue weighted by atomic mass is 32.2. The van der Waals surface area contributed by atoms with Crippen LogP contribution in [0.2, 0.25) is 0 Å². The molecule has 0 saturated heterocycles. The summed E-state index contributed by atoms with van der Waals surface area (Å²) in [4.78, 5) is 4.41. The van der Waals surface area contributed by atoms with Crippen LogP contribution >= 0.6 is 0 Å². The fraction of sp³-hybridized carbons (Fsp3) is 0.400. The highest BCUT2D eigenvalue weighted by Gasteiger charge is 2.08. The molecule has 0 aromatic heterocycles. The zero-order valence-corrected chi connectivity index (χ0v) is 13.7. The molecule has 0 aliphatic heterocycles. The van der Waals surface area contributed by atoms with Gasteiger partial charge in [-0.1, -0.05) is 30.2 Å². The van der Waals surface area contributed by atoms with Crippen LogP contribution in [0.15, 0.2) is 29.3 Å². The van der Waals surface area contributed by atoms with Gasteiger partial charge in [0.05, 0.1) is 18.8 Å². The molecule has 0 radical (unpaired) electrons. The Morgan fingerprint density at radius 2 is 1.86 bits per heavy atom. The standard InChI is InChI=1S/C15H22N4O2S/c1-4-10-18-15(17-5-2)19-11-13-6-8-14(9-7-13)12-22(20,21)16-3/h1,6-9,16H,5,10-12H2,2-3H3,(H2,17,18,19). The van der Waals surface area contributed by atoms with Gasteiger partial charge in [0.25, 0.3) is 0 Å². The van der Waals surface area contributed by atoms with Crippen LogP contribution < -0.4 is 15.4 Å². The summed E-state index contributed by atoms with van der Waals surface area (Å²) in [5.41, 5.74) is 1.72. The van der Waals surface area contributed by atoms with Crippen molar-refractivity contribution < 1.29 is 8.42 Å². The Labute approximate surface area is 132 Å². The molecule has 3 N–H and O–H groups in total. The SMILES string of the molecule is C#CCNC(=NCc1ccc(CS(=O)(=O)NC)cc1)NCC. The van der Waals surface area contributed by atoms with E-state index in [1.165, 1.54) is 7.05 Å². The Hall–Kier alpha value is -2.04. The lowest BCUT2D eigenvalue weighted by molar-refractivity contribution is 0.587. The van der Waals surface area contributed by atoms with E-state index in [0.29, 0.717) is 19.0 Å². The molecule has 7 heteroatoms. The van der Waals surface area contributed by atoms with Crippen molar-refractivity contribution in [1.29, 1.82) is 0 Å². The number of guanidine groups is 1. The monoisotopic (exact) mass is 322 g/mol. The van der Waals surface area contributed by atoms with E-state index in [4.69, 9.17) is 6.42 Å². The Morgan fingerprint density at radius 1 is 1.23 bits per heavy atom. The van der Waals surface area contributed by atoms with Crippen LogP contribution in [0.4, 0.5) is 0 Å². The van der Waals surface area contributed by atoms with E-state index in [0.717, 1.165) is 17.7 Å². The van der Waals surface area contributed by atoms with E-state index in [1.807, 2.05) is 19.1 Å². The van der Waals surface area contributed by atoms with E-state index in [1.54, 1.807) is 12.1 Å². The van der Waals surface area contributed by atoms with Crippen LogP contribution in [0.25, 0.3) is 0 Å². The van der Waals surface area contributed by atoms with Gasteiger partial charge in [-0.25, -0.2) is 18.1 Å². The van der Waals surface area contributed by atoms with Crippen LogP contribution in [0.5, 0.6) is 0 Å². The summed E-state index contributed by atoms with van der Waals surface area (Å²) < 4.78 is 25.2. The van der Waals surface area contributed by atoms with Crippen molar-refractivity contribution in [2.45, 2.75) is 19.2 Å². The average molecular weight is 322 g/mol. The molecule has 0 fully saturated rings. The zero-order valence-electron chi connectivity index (χ0n) is 12.9. The van der Waals surface area contributed by atoms with Crippen molar-refractivity contribution in [3.8, 4) is 12.3 Å². The maximum Gasteiger partial charge on any atom is 0.215 e. The van der Waals surface area contributed by atoms with Crippen molar-refractivity contribution in [1.82, 2.24) is 15.4 Å². The van der Waals surface area contributed by atoms with Crippen molar-refractivity contribution in [2.75, 3.05) is 20.1 Å². The number of sulfonamides is 1. The van der Waals surface area contributed by atoms with Crippen molar-refractivity contribution in [2.24, 2.45) is 4.99 Å². The van der Waals surface area contributed by atoms with Crippen LogP contribution in [-0.4, -0.2) is 34.5 Å². The molecule has 0 saturated carbocycles. The molecule has 1 aromatic rings. The summed E-state index contributed by atoms with van der Waals surface area (Å²) >= 11 is 0. The molecule has 0 aliphatic carbocycles. The number of nitrogens with one attached hydrogen (secondary N) is 3. The number of hydrogen-bond acceptors (Lipinski definition) is 3. The lowest BCUT2D eigenvalue weighted by Crippen LogP contribution is -2.37. The number of nitrogens with zero attached hydrogens (tertiary/aromatic N) is 1. The van der Waals surface area contributed by atoms with Crippen LogP contribution in [-0.2, 0) is 22.3 Å². The number of terminal acetylenes is 1. The summed E-state index contributed by atoms with van der Waals surface area (Å²) in [6.45, 7) is 3.62. The minimum absolute atomic E-state index is 0.0284. The lowest BCUT2D eigenvalue weighted by Gasteiger charge is -2.09. The first kappa shape index (κ1) is 18.0. The lowest BCUT2D eigenvalue weighted by atomic mass is 10.1. The van der Waals surface area contributed by atoms with Gasteiger partial charge in [-0.2, -0.15) is 0 Å². The van der Waals surface area contributed by atoms with Gasteiger partial charge < -0.3 is 10.6 Å². The van der Waals surface area contributed by atoms with E-state index in [9.17, 15) is 8.42 Å². The normalized spacial score (nSPS) is 11.8. The van der Waals surface area contributed by atoms with Crippen LogP contribution in [0.3, 0.4) is 0 Å². The maximum atomic E-state index is 11.5. The Bertz CT molecular complexity index is 631. The highest BCUT2D eigenvalue weighted by molar-refractivity contribution is 7.88. The third-order valence-corrected chi connectivity index (χ3v) is 4.15. The molecule has 0 heterocycles. The topological polar surface area (TPSA) is 82.6 Å². The van der Waals surface area contributed by atoms with Gasteiger partial charge in [0.1, 0.15) is 0 Å². The summed E-state index contributed by atoms with van der Waals surface area (Å²) in [6, 6.07) is 7.33. The molecule has 0 bridgehead atoms. The first-order valence-corrected chi connectivity index (χ1v) is 8.60. The van der Waals surface area contributed by atoms with Gasteiger partial charge in [0.2, 0.25) is 10.0 Å². The fourth-order valence-electron chi connectivity index (χ4n) is 1.68. The van der Waals surface area contributed by atoms with Gasteiger partial charge in [-0.05, 0) is 25.1 Å². The molecular formula is C15H22N4O2S. The molecule has 1 aromatic carbocycles. The molecule has 0 spiro atoms. The zero-order chi connectivity index (χ0) is 16.4. The summed E-state index contributed by atoms with van der Waals surface area (Å²) in [5, 5.41) is 6.10. The minimum atomic E-state index is -3.25. The summed E-state index contributed by atoms with van der Waals surface area (Å²) in [7, 11) is -1.84. The summed E-state index contributed by atoms with van der Waals surface area (Å²) in [5.74, 6) is 3.12. The van der Waals surface area contributed by atoms with Crippen molar-refractivity contribution >= 4 is 16.0 Å². The molecule has 1 rings (SSSR count). The molecule has 0 atom stereocenters. The van der Waals surface area contributed by atoms with Gasteiger partial charge >= 0.3 is 0 Å². The second kappa shape index (κ2) is 9.07. The predicted molar refractivity (Wildman–Crippen MR) is 89.8 cm³/mol. The van der Waals surface area contributed by atoms with Gasteiger partial charge in [0, 0.05) is 6.54 Å². The highest BCUT2D eigenvalue weighted by Crippen LogP contribution is 2.08. The first-order chi connectivity index (χ1) is 10.5. The van der Waals surface area contributed by atoms with Crippen molar-refractivity contribution in [3.63, 3.8) is 0 Å². The Morgan fingerprint density at radius 3 is 2.41 bits per heavy atom. The van der Waals surface area contributed by atoms with E-state index in [-0.39, 0.29) is 5.75 Å². The van der Waals surface area contributed by atoms with Gasteiger partial charge in [0.15, 0.2) is 5.96 Å². The molecule has 0 aliphatic rings. The Kier molecular flexibility index (Phi) is 7.43. The van der Waals surface area contributed by atoms with Gasteiger partial charge in [-0.15, -0.1) is 6.42 Å². The van der Waals surface area contributed by atoms with Gasteiger partial charge in [-0.3, -0.25) is 0 Å². The largest absolute Gasteiger partial charge is 0.357 e. The minimum Gasteiger partial charge on any atom is -0.357 e. The third kappa shape index (κ3) is 6.61. The molecular weight excluding hydrogens is 300 g/mol. The van der Waals surface area contributed by atoms with Crippen LogP contribution in [0.1, 0.15) is 18.1 Å². The number of aliphatic imine (C=N–C) groups is 1. The van der Waals surface area contributed by atoms with E-state index >= 15 is 0 Å². The molecule has 120 valence electrons. The molecule has 22 heavy (non-hydrogen) atoms. The molecule has 6 nitrogen and oxygen atoms in total. The number of rotatable bonds is 7. The smallest absolute Gasteiger partial charge is 0.215 e. The predicted octanol–water partition coefficient (Wildman–Crippen LogP) is 0.424. The maximum absolute atomic E-state index is 11.5. The molecule has 0 amide bonds. The average Bonchev–Trinajstić information content (AvgIpc) is 2.51. The quantitative estimate of drug-likeness (QED) is 0.386. The fourth-order valence-corrected chi connectivity index (χ4v) is 2.45.